The van der Waals surface area contributed by atoms with Crippen LogP contribution in [0.1, 0.15) is 0 Å². The summed E-state index contributed by atoms with van der Waals surface area (Å²) in [7, 11) is -3.49. The molecule has 1 N–H and O–H groups in total. The molecular weight excluding hydrogens is 218 g/mol. The number of pyridine rings is 1. The first kappa shape index (κ1) is 9.78. The normalized spacial score (nSPS) is 11.8. The molecule has 2 heterocycles. The van der Waals surface area contributed by atoms with E-state index in [-0.39, 0.29) is 10.7 Å². The molecule has 0 amide bonds. The Bertz CT molecular complexity index is 675. The van der Waals surface area contributed by atoms with Gasteiger partial charge in [-0.25, -0.2) is 18.4 Å². The van der Waals surface area contributed by atoms with Gasteiger partial charge in [0.05, 0.1) is 0 Å². The van der Waals surface area contributed by atoms with Gasteiger partial charge in [-0.1, -0.05) is 0 Å². The number of rotatable bonds is 1. The van der Waals surface area contributed by atoms with Gasteiger partial charge in [0, 0.05) is 24.0 Å². The Morgan fingerprint density at radius 3 is 2.80 bits per heavy atom. The van der Waals surface area contributed by atoms with E-state index in [1.54, 1.807) is 6.07 Å². The lowest BCUT2D eigenvalue weighted by Gasteiger charge is -1.98. The fourth-order valence-electron chi connectivity index (χ4n) is 1.13. The Morgan fingerprint density at radius 2 is 2.13 bits per heavy atom. The Kier molecular flexibility index (Phi) is 2.04. The quantitative estimate of drug-likeness (QED) is 0.674. The van der Waals surface area contributed by atoms with Crippen molar-refractivity contribution in [3.8, 4) is 0 Å². The number of aromatic amines is 1. The summed E-state index contributed by atoms with van der Waals surface area (Å²) < 4.78 is 22.3. The zero-order valence-electron chi connectivity index (χ0n) is 7.76. The standard InChI is InChI=1S/C8H7N3O3S/c1-15(13,14)8-10-4-5-2-3-9-7(12)6(5)11-8/h2-4H,1H3,(H,9,12). The van der Waals surface area contributed by atoms with Crippen LogP contribution in [0, 0.1) is 0 Å². The second-order valence-corrected chi connectivity index (χ2v) is 4.94. The van der Waals surface area contributed by atoms with E-state index >= 15 is 0 Å². The number of nitrogens with zero attached hydrogens (tertiary/aromatic N) is 2. The third-order valence-electron chi connectivity index (χ3n) is 1.82. The number of hydrogen-bond donors (Lipinski definition) is 1. The van der Waals surface area contributed by atoms with Crippen molar-refractivity contribution in [2.24, 2.45) is 0 Å². The maximum absolute atomic E-state index is 11.3. The Hall–Kier alpha value is -1.76. The summed E-state index contributed by atoms with van der Waals surface area (Å²) in [5, 5.41) is 0.165. The third-order valence-corrected chi connectivity index (χ3v) is 2.68. The predicted octanol–water partition coefficient (Wildman–Crippen LogP) is -0.278. The number of aromatic nitrogens is 3. The van der Waals surface area contributed by atoms with E-state index in [1.165, 1.54) is 12.4 Å². The van der Waals surface area contributed by atoms with Gasteiger partial charge in [-0.2, -0.15) is 0 Å². The van der Waals surface area contributed by atoms with Crippen LogP contribution in [-0.2, 0) is 9.84 Å². The van der Waals surface area contributed by atoms with Crippen LogP contribution < -0.4 is 5.56 Å². The van der Waals surface area contributed by atoms with E-state index in [0.717, 1.165) is 6.26 Å². The molecule has 0 saturated heterocycles. The van der Waals surface area contributed by atoms with Crippen molar-refractivity contribution in [2.75, 3.05) is 6.26 Å². The van der Waals surface area contributed by atoms with Crippen LogP contribution in [-0.4, -0.2) is 29.6 Å². The Balaban J connectivity index is 2.88. The van der Waals surface area contributed by atoms with Gasteiger partial charge in [0.1, 0.15) is 5.52 Å². The summed E-state index contributed by atoms with van der Waals surface area (Å²) in [6.45, 7) is 0. The van der Waals surface area contributed by atoms with Crippen LogP contribution in [0.4, 0.5) is 0 Å². The Morgan fingerprint density at radius 1 is 1.40 bits per heavy atom. The first-order chi connectivity index (χ1) is 6.98. The highest BCUT2D eigenvalue weighted by Crippen LogP contribution is 2.07. The summed E-state index contributed by atoms with van der Waals surface area (Å²) in [4.78, 5) is 21.1. The molecule has 0 unspecified atom stereocenters. The van der Waals surface area contributed by atoms with Crippen molar-refractivity contribution in [1.82, 2.24) is 15.0 Å². The molecule has 2 aromatic heterocycles. The van der Waals surface area contributed by atoms with E-state index in [1.807, 2.05) is 0 Å². The Labute approximate surface area is 84.9 Å². The van der Waals surface area contributed by atoms with Crippen LogP contribution in [0.2, 0.25) is 0 Å². The number of H-pyrrole nitrogens is 1. The average Bonchev–Trinajstić information content (AvgIpc) is 2.16. The molecule has 0 atom stereocenters. The highest BCUT2D eigenvalue weighted by molar-refractivity contribution is 7.90. The van der Waals surface area contributed by atoms with E-state index < -0.39 is 15.4 Å². The molecule has 78 valence electrons. The molecule has 2 aromatic rings. The van der Waals surface area contributed by atoms with Gasteiger partial charge in [-0.05, 0) is 6.07 Å². The van der Waals surface area contributed by atoms with E-state index in [9.17, 15) is 13.2 Å². The molecule has 2 rings (SSSR count). The average molecular weight is 225 g/mol. The molecule has 0 aliphatic rings. The van der Waals surface area contributed by atoms with Crippen molar-refractivity contribution >= 4 is 20.7 Å². The molecule has 0 aliphatic carbocycles. The largest absolute Gasteiger partial charge is 0.327 e. The topological polar surface area (TPSA) is 92.8 Å². The predicted molar refractivity (Wildman–Crippen MR) is 53.3 cm³/mol. The molecule has 0 aromatic carbocycles. The van der Waals surface area contributed by atoms with Crippen LogP contribution in [0.25, 0.3) is 10.9 Å². The summed E-state index contributed by atoms with van der Waals surface area (Å²) in [5.41, 5.74) is -0.354. The summed E-state index contributed by atoms with van der Waals surface area (Å²) in [6.07, 6.45) is 3.76. The minimum Gasteiger partial charge on any atom is -0.327 e. The van der Waals surface area contributed by atoms with E-state index in [4.69, 9.17) is 0 Å². The lowest BCUT2D eigenvalue weighted by molar-refractivity contribution is 0.593. The van der Waals surface area contributed by atoms with Gasteiger partial charge in [0.15, 0.2) is 0 Å². The minimum absolute atomic E-state index is 0.0768. The van der Waals surface area contributed by atoms with Gasteiger partial charge < -0.3 is 4.98 Å². The highest BCUT2D eigenvalue weighted by atomic mass is 32.2. The van der Waals surface area contributed by atoms with Gasteiger partial charge in [0.2, 0.25) is 15.0 Å². The highest BCUT2D eigenvalue weighted by Gasteiger charge is 2.12. The van der Waals surface area contributed by atoms with Crippen LogP contribution >= 0.6 is 0 Å². The number of nitrogens with one attached hydrogen (secondary N) is 1. The smallest absolute Gasteiger partial charge is 0.274 e. The molecule has 7 heteroatoms. The maximum Gasteiger partial charge on any atom is 0.274 e. The lowest BCUT2D eigenvalue weighted by atomic mass is 10.3. The second-order valence-electron chi connectivity index (χ2n) is 3.04. The summed E-state index contributed by atoms with van der Waals surface area (Å²) in [5.74, 6) is 0. The molecule has 0 bridgehead atoms. The van der Waals surface area contributed by atoms with Gasteiger partial charge in [-0.3, -0.25) is 4.79 Å². The first-order valence-electron chi connectivity index (χ1n) is 4.03. The molecule has 0 radical (unpaired) electrons. The van der Waals surface area contributed by atoms with Gasteiger partial charge >= 0.3 is 0 Å². The number of fused-ring (bicyclic) bond motifs is 1. The SMILES string of the molecule is CS(=O)(=O)c1ncc2cc[nH]c(=O)c2n1. The first-order valence-corrected chi connectivity index (χ1v) is 5.92. The monoisotopic (exact) mass is 225 g/mol. The fourth-order valence-corrected chi connectivity index (χ4v) is 1.63. The molecule has 0 saturated carbocycles. The third kappa shape index (κ3) is 1.73. The molecule has 0 aliphatic heterocycles. The van der Waals surface area contributed by atoms with Crippen LogP contribution in [0.3, 0.4) is 0 Å². The lowest BCUT2D eigenvalue weighted by Crippen LogP contribution is -2.11. The van der Waals surface area contributed by atoms with Crippen LogP contribution in [0.15, 0.2) is 28.4 Å². The molecule has 0 spiro atoms. The van der Waals surface area contributed by atoms with Crippen molar-refractivity contribution in [1.29, 1.82) is 0 Å². The zero-order valence-corrected chi connectivity index (χ0v) is 8.58. The summed E-state index contributed by atoms with van der Waals surface area (Å²) >= 11 is 0. The second kappa shape index (κ2) is 3.13. The van der Waals surface area contributed by atoms with E-state index in [0.29, 0.717) is 5.39 Å². The number of sulfone groups is 1. The van der Waals surface area contributed by atoms with E-state index in [2.05, 4.69) is 15.0 Å². The van der Waals surface area contributed by atoms with Crippen molar-refractivity contribution < 1.29 is 8.42 Å². The van der Waals surface area contributed by atoms with Crippen molar-refractivity contribution in [3.63, 3.8) is 0 Å². The molecule has 15 heavy (non-hydrogen) atoms. The zero-order chi connectivity index (χ0) is 11.1. The molecule has 0 fully saturated rings. The minimum atomic E-state index is -3.49. The molecular formula is C8H7N3O3S. The maximum atomic E-state index is 11.3. The van der Waals surface area contributed by atoms with Crippen molar-refractivity contribution in [3.05, 3.63) is 28.8 Å². The number of hydrogen-bond acceptors (Lipinski definition) is 5. The van der Waals surface area contributed by atoms with Gasteiger partial charge in [0.25, 0.3) is 5.56 Å². The van der Waals surface area contributed by atoms with Gasteiger partial charge in [-0.15, -0.1) is 0 Å². The summed E-state index contributed by atoms with van der Waals surface area (Å²) in [6, 6.07) is 1.60. The fraction of sp³-hybridized carbons (Fsp3) is 0.125. The molecule has 6 nitrogen and oxygen atoms in total. The van der Waals surface area contributed by atoms with Crippen molar-refractivity contribution in [2.45, 2.75) is 5.16 Å². The van der Waals surface area contributed by atoms with Crippen LogP contribution in [0.5, 0.6) is 0 Å².